The Labute approximate surface area is 192 Å². The first-order valence-electron chi connectivity index (χ1n) is 10.2. The number of nitrogens with two attached hydrogens (primary N) is 1. The number of nitrogens with zero attached hydrogens (tertiary/aromatic N) is 3. The number of benzene rings is 2. The van der Waals surface area contributed by atoms with Crippen LogP contribution in [0.2, 0.25) is 0 Å². The third-order valence-corrected chi connectivity index (χ3v) is 5.34. The van der Waals surface area contributed by atoms with Gasteiger partial charge in [-0.2, -0.15) is 0 Å². The Kier molecular flexibility index (Phi) is 5.82. The van der Waals surface area contributed by atoms with Crippen LogP contribution in [-0.4, -0.2) is 33.3 Å². The molecule has 2 aromatic carbocycles. The lowest BCUT2D eigenvalue weighted by molar-refractivity contribution is -0.274. The van der Waals surface area contributed by atoms with Crippen LogP contribution in [0.3, 0.4) is 0 Å². The highest BCUT2D eigenvalue weighted by Gasteiger charge is 2.39. The molecule has 1 amide bonds. The fourth-order valence-electron chi connectivity index (χ4n) is 3.74. The average molecular weight is 475 g/mol. The van der Waals surface area contributed by atoms with Crippen molar-refractivity contribution in [1.29, 1.82) is 0 Å². The van der Waals surface area contributed by atoms with Crippen LogP contribution in [-0.2, 0) is 10.3 Å². The van der Waals surface area contributed by atoms with Gasteiger partial charge in [-0.05, 0) is 62.4 Å². The lowest BCUT2D eigenvalue weighted by Crippen LogP contribution is -2.47. The first kappa shape index (κ1) is 23.3. The average Bonchev–Trinajstić information content (AvgIpc) is 3.14. The Morgan fingerprint density at radius 1 is 1.09 bits per heavy atom. The number of fused-ring (bicyclic) bond motifs is 1. The molecule has 34 heavy (non-hydrogen) atoms. The topological polar surface area (TPSA) is 85.4 Å². The van der Waals surface area contributed by atoms with E-state index in [0.29, 0.717) is 28.6 Å². The van der Waals surface area contributed by atoms with Crippen LogP contribution in [0.4, 0.5) is 29.1 Å². The zero-order valence-corrected chi connectivity index (χ0v) is 18.2. The van der Waals surface area contributed by atoms with E-state index in [2.05, 4.69) is 10.1 Å². The number of hydrogen-bond donors (Lipinski definition) is 2. The summed E-state index contributed by atoms with van der Waals surface area (Å²) in [6, 6.07) is 10.9. The molecule has 0 unspecified atom stereocenters. The zero-order valence-electron chi connectivity index (χ0n) is 18.2. The number of carbonyl (C=O) groups excluding carboxylic acids is 1. The Hall–Kier alpha value is -3.86. The number of ether oxygens (including phenoxy) is 1. The molecular weight excluding hydrogens is 454 g/mol. The van der Waals surface area contributed by atoms with E-state index in [1.807, 2.05) is 13.8 Å². The van der Waals surface area contributed by atoms with Crippen LogP contribution in [0.1, 0.15) is 19.7 Å². The Balaban J connectivity index is 1.78. The van der Waals surface area contributed by atoms with E-state index in [0.717, 1.165) is 0 Å². The van der Waals surface area contributed by atoms with Gasteiger partial charge in [0, 0.05) is 23.7 Å². The summed E-state index contributed by atoms with van der Waals surface area (Å²) in [5, 5.41) is 3.17. The summed E-state index contributed by atoms with van der Waals surface area (Å²) in [5.41, 5.74) is 6.21. The summed E-state index contributed by atoms with van der Waals surface area (Å²) in [6.45, 7) is 3.44. The van der Waals surface area contributed by atoms with Gasteiger partial charge in [0.15, 0.2) is 0 Å². The standard InChI is InChI=1S/C23H21F4N5O2/c1-22(2)21-30-19(14-3-5-15(24)6-4-14)20(31(21)11-12-32(22)18(33)13-28)29-16-7-9-17(10-8-16)34-23(25,26)27/h3-12,29H,13,28H2,1-2H3. The number of amides is 1. The Bertz CT molecular complexity index is 1230. The maximum absolute atomic E-state index is 13.5. The van der Waals surface area contributed by atoms with Crippen molar-refractivity contribution in [2.24, 2.45) is 5.73 Å². The molecule has 7 nitrogen and oxygen atoms in total. The van der Waals surface area contributed by atoms with Crippen molar-refractivity contribution in [2.75, 3.05) is 11.9 Å². The molecule has 0 aliphatic carbocycles. The maximum Gasteiger partial charge on any atom is 0.573 e. The molecule has 0 atom stereocenters. The molecule has 1 aromatic heterocycles. The van der Waals surface area contributed by atoms with Gasteiger partial charge in [0.2, 0.25) is 5.91 Å². The molecule has 0 saturated carbocycles. The fourth-order valence-corrected chi connectivity index (χ4v) is 3.74. The van der Waals surface area contributed by atoms with E-state index >= 15 is 0 Å². The van der Waals surface area contributed by atoms with Crippen molar-refractivity contribution in [3.63, 3.8) is 0 Å². The van der Waals surface area contributed by atoms with E-state index in [1.165, 1.54) is 41.3 Å². The number of aromatic nitrogens is 2. The van der Waals surface area contributed by atoms with Crippen molar-refractivity contribution in [3.05, 3.63) is 66.4 Å². The van der Waals surface area contributed by atoms with E-state index in [9.17, 15) is 22.4 Å². The summed E-state index contributed by atoms with van der Waals surface area (Å²) in [5.74, 6) is -0.0777. The summed E-state index contributed by atoms with van der Waals surface area (Å²) in [6.07, 6.45) is -1.57. The smallest absolute Gasteiger partial charge is 0.406 e. The highest BCUT2D eigenvalue weighted by atomic mass is 19.4. The van der Waals surface area contributed by atoms with Crippen molar-refractivity contribution in [1.82, 2.24) is 14.5 Å². The summed E-state index contributed by atoms with van der Waals surface area (Å²) >= 11 is 0. The summed E-state index contributed by atoms with van der Waals surface area (Å²) < 4.78 is 56.6. The van der Waals surface area contributed by atoms with Crippen LogP contribution in [0.15, 0.2) is 54.7 Å². The molecule has 1 aliphatic rings. The zero-order chi connectivity index (χ0) is 24.7. The number of halogens is 4. The number of anilines is 2. The minimum Gasteiger partial charge on any atom is -0.406 e. The maximum atomic E-state index is 13.5. The minimum absolute atomic E-state index is 0.184. The second-order valence-corrected chi connectivity index (χ2v) is 8.03. The van der Waals surface area contributed by atoms with E-state index in [4.69, 9.17) is 10.7 Å². The molecule has 11 heteroatoms. The van der Waals surface area contributed by atoms with Gasteiger partial charge in [0.05, 0.1) is 6.54 Å². The molecule has 2 heterocycles. The predicted octanol–water partition coefficient (Wildman–Crippen LogP) is 4.80. The van der Waals surface area contributed by atoms with Gasteiger partial charge in [-0.25, -0.2) is 9.37 Å². The summed E-state index contributed by atoms with van der Waals surface area (Å²) in [4.78, 5) is 18.6. The number of rotatable bonds is 5. The molecule has 0 radical (unpaired) electrons. The highest BCUT2D eigenvalue weighted by molar-refractivity contribution is 5.83. The largest absolute Gasteiger partial charge is 0.573 e. The first-order valence-corrected chi connectivity index (χ1v) is 10.2. The molecule has 0 spiro atoms. The number of imidazole rings is 1. The van der Waals surface area contributed by atoms with Crippen LogP contribution in [0, 0.1) is 5.82 Å². The van der Waals surface area contributed by atoms with Crippen LogP contribution >= 0.6 is 0 Å². The molecule has 3 N–H and O–H groups in total. The number of alkyl halides is 3. The van der Waals surface area contributed by atoms with Crippen molar-refractivity contribution in [3.8, 4) is 17.0 Å². The van der Waals surface area contributed by atoms with Crippen LogP contribution < -0.4 is 15.8 Å². The second-order valence-electron chi connectivity index (χ2n) is 8.03. The molecule has 0 saturated heterocycles. The van der Waals surface area contributed by atoms with Gasteiger partial charge in [-0.1, -0.05) is 0 Å². The predicted molar refractivity (Wildman–Crippen MR) is 118 cm³/mol. The van der Waals surface area contributed by atoms with Crippen molar-refractivity contribution >= 4 is 23.6 Å². The number of hydrogen-bond acceptors (Lipinski definition) is 5. The van der Waals surface area contributed by atoms with Gasteiger partial charge in [-0.3, -0.25) is 9.36 Å². The SMILES string of the molecule is CC1(C)c2nc(-c3ccc(F)cc3)c(Nc3ccc(OC(F)(F)F)cc3)n2C=CN1C(=O)CN. The molecule has 1 aliphatic heterocycles. The minimum atomic E-state index is -4.79. The monoisotopic (exact) mass is 475 g/mol. The lowest BCUT2D eigenvalue weighted by Gasteiger charge is -2.38. The van der Waals surface area contributed by atoms with Crippen molar-refractivity contribution < 1.29 is 27.1 Å². The van der Waals surface area contributed by atoms with Crippen molar-refractivity contribution in [2.45, 2.75) is 25.7 Å². The lowest BCUT2D eigenvalue weighted by atomic mass is 10.0. The molecule has 178 valence electrons. The molecule has 0 fully saturated rings. The van der Waals surface area contributed by atoms with Gasteiger partial charge >= 0.3 is 6.36 Å². The molecule has 4 rings (SSSR count). The third-order valence-electron chi connectivity index (χ3n) is 5.34. The quantitative estimate of drug-likeness (QED) is 0.518. The highest BCUT2D eigenvalue weighted by Crippen LogP contribution is 2.40. The fraction of sp³-hybridized carbons (Fsp3) is 0.217. The third kappa shape index (κ3) is 4.46. The van der Waals surface area contributed by atoms with Gasteiger partial charge < -0.3 is 20.7 Å². The first-order chi connectivity index (χ1) is 16.0. The number of carbonyl (C=O) groups is 1. The Morgan fingerprint density at radius 2 is 1.74 bits per heavy atom. The van der Waals surface area contributed by atoms with E-state index in [1.54, 1.807) is 29.1 Å². The molecule has 0 bridgehead atoms. The van der Waals surface area contributed by atoms with E-state index < -0.39 is 17.7 Å². The van der Waals surface area contributed by atoms with Crippen LogP contribution in [0.25, 0.3) is 17.5 Å². The van der Waals surface area contributed by atoms with Gasteiger partial charge in [0.25, 0.3) is 0 Å². The molecule has 3 aromatic rings. The second kappa shape index (κ2) is 8.49. The Morgan fingerprint density at radius 3 is 2.32 bits per heavy atom. The van der Waals surface area contributed by atoms with Crippen LogP contribution in [0.5, 0.6) is 5.75 Å². The summed E-state index contributed by atoms with van der Waals surface area (Å²) in [7, 11) is 0. The molecular formula is C23H21F4N5O2. The van der Waals surface area contributed by atoms with E-state index in [-0.39, 0.29) is 18.2 Å². The van der Waals surface area contributed by atoms with Gasteiger partial charge in [-0.15, -0.1) is 13.2 Å². The number of nitrogens with one attached hydrogen (secondary N) is 1. The van der Waals surface area contributed by atoms with Gasteiger partial charge in [0.1, 0.15) is 34.4 Å². The normalized spacial score (nSPS) is 14.6.